The maximum atomic E-state index is 11.4. The van der Waals surface area contributed by atoms with Gasteiger partial charge >= 0.3 is 5.69 Å². The first-order chi connectivity index (χ1) is 7.08. The Hall–Kier alpha value is -1.04. The van der Waals surface area contributed by atoms with Crippen molar-refractivity contribution < 1.29 is 0 Å². The van der Waals surface area contributed by atoms with Crippen molar-refractivity contribution in [2.75, 3.05) is 0 Å². The summed E-state index contributed by atoms with van der Waals surface area (Å²) in [6.45, 7) is 0. The van der Waals surface area contributed by atoms with Gasteiger partial charge in [-0.1, -0.05) is 23.2 Å². The Morgan fingerprint density at radius 1 is 1.13 bits per heavy atom. The van der Waals surface area contributed by atoms with Gasteiger partial charge in [0.1, 0.15) is 0 Å². The van der Waals surface area contributed by atoms with E-state index < -0.39 is 0 Å². The van der Waals surface area contributed by atoms with Crippen LogP contribution in [0.25, 0.3) is 5.69 Å². The molecule has 0 atom stereocenters. The van der Waals surface area contributed by atoms with E-state index >= 15 is 0 Å². The molecule has 0 aliphatic carbocycles. The number of aromatic amines is 2. The van der Waals surface area contributed by atoms with Crippen molar-refractivity contribution in [1.82, 2.24) is 14.8 Å². The molecular weight excluding hydrogens is 257 g/mol. The van der Waals surface area contributed by atoms with E-state index in [1.165, 1.54) is 4.57 Å². The van der Waals surface area contributed by atoms with Gasteiger partial charge in [0.25, 0.3) is 0 Å². The Labute approximate surface area is 99.4 Å². The lowest BCUT2D eigenvalue weighted by Gasteiger charge is -2.01. The minimum atomic E-state index is -0.363. The molecule has 0 bridgehead atoms. The molecule has 0 aliphatic rings. The second kappa shape index (κ2) is 3.84. The second-order valence-electron chi connectivity index (χ2n) is 2.82. The number of benzene rings is 1. The molecule has 2 N–H and O–H groups in total. The van der Waals surface area contributed by atoms with Crippen LogP contribution in [0.3, 0.4) is 0 Å². The van der Waals surface area contributed by atoms with E-state index in [4.69, 9.17) is 35.4 Å². The first-order valence-electron chi connectivity index (χ1n) is 3.94. The Bertz CT molecular complexity index is 565. The first-order valence-corrected chi connectivity index (χ1v) is 5.10. The van der Waals surface area contributed by atoms with Gasteiger partial charge in [-0.15, -0.1) is 0 Å². The topological polar surface area (TPSA) is 53.6 Å². The summed E-state index contributed by atoms with van der Waals surface area (Å²) in [5, 5.41) is 5.78. The van der Waals surface area contributed by atoms with Crippen molar-refractivity contribution in [2.24, 2.45) is 0 Å². The number of aromatic nitrogens is 3. The standard InChI is InChI=1S/C8H5Cl2N3OS/c9-4-1-5(10)3-6(2-4)13-7(14)11-12-8(13)15/h1-3H,(H,11,14)(H,12,15). The van der Waals surface area contributed by atoms with Crippen LogP contribution in [0.15, 0.2) is 23.0 Å². The highest BCUT2D eigenvalue weighted by molar-refractivity contribution is 7.71. The molecule has 1 heterocycles. The van der Waals surface area contributed by atoms with Crippen LogP contribution in [0.5, 0.6) is 0 Å². The number of rotatable bonds is 1. The largest absolute Gasteiger partial charge is 0.347 e. The number of halogens is 2. The number of hydrogen-bond acceptors (Lipinski definition) is 2. The highest BCUT2D eigenvalue weighted by Crippen LogP contribution is 2.20. The second-order valence-corrected chi connectivity index (χ2v) is 4.08. The van der Waals surface area contributed by atoms with E-state index in [-0.39, 0.29) is 10.5 Å². The lowest BCUT2D eigenvalue weighted by Crippen LogP contribution is -2.14. The van der Waals surface area contributed by atoms with Crippen LogP contribution < -0.4 is 5.69 Å². The summed E-state index contributed by atoms with van der Waals surface area (Å²) in [6, 6.07) is 4.79. The lowest BCUT2D eigenvalue weighted by atomic mass is 10.3. The minimum absolute atomic E-state index is 0.262. The molecule has 0 unspecified atom stereocenters. The van der Waals surface area contributed by atoms with E-state index in [2.05, 4.69) is 10.2 Å². The van der Waals surface area contributed by atoms with Crippen molar-refractivity contribution in [3.8, 4) is 5.69 Å². The van der Waals surface area contributed by atoms with Gasteiger partial charge in [0.15, 0.2) is 0 Å². The molecule has 0 saturated heterocycles. The third-order valence-corrected chi connectivity index (χ3v) is 2.51. The predicted octanol–water partition coefficient (Wildman–Crippen LogP) is 2.53. The van der Waals surface area contributed by atoms with Crippen molar-refractivity contribution in [2.45, 2.75) is 0 Å². The summed E-state index contributed by atoms with van der Waals surface area (Å²) < 4.78 is 1.53. The van der Waals surface area contributed by atoms with E-state index in [9.17, 15) is 4.79 Å². The van der Waals surface area contributed by atoms with Crippen LogP contribution in [0.4, 0.5) is 0 Å². The fourth-order valence-corrected chi connectivity index (χ4v) is 1.97. The van der Waals surface area contributed by atoms with Gasteiger partial charge in [-0.3, -0.25) is 5.10 Å². The highest BCUT2D eigenvalue weighted by atomic mass is 35.5. The zero-order chi connectivity index (χ0) is 11.0. The third-order valence-electron chi connectivity index (χ3n) is 1.79. The minimum Gasteiger partial charge on any atom is -0.272 e. The molecule has 78 valence electrons. The van der Waals surface area contributed by atoms with E-state index in [1.54, 1.807) is 18.2 Å². The number of nitrogens with zero attached hydrogens (tertiary/aromatic N) is 1. The molecule has 15 heavy (non-hydrogen) atoms. The van der Waals surface area contributed by atoms with Crippen molar-refractivity contribution in [3.63, 3.8) is 0 Å². The predicted molar refractivity (Wildman–Crippen MR) is 61.6 cm³/mol. The molecule has 0 spiro atoms. The summed E-state index contributed by atoms with van der Waals surface area (Å²) in [7, 11) is 0. The number of nitrogens with one attached hydrogen (secondary N) is 2. The Morgan fingerprint density at radius 3 is 2.20 bits per heavy atom. The fourth-order valence-electron chi connectivity index (χ4n) is 1.21. The van der Waals surface area contributed by atoms with Crippen LogP contribution in [0.1, 0.15) is 0 Å². The van der Waals surface area contributed by atoms with Gasteiger partial charge < -0.3 is 0 Å². The molecule has 0 saturated carbocycles. The van der Waals surface area contributed by atoms with E-state index in [0.717, 1.165) is 0 Å². The van der Waals surface area contributed by atoms with Gasteiger partial charge in [-0.05, 0) is 30.4 Å². The van der Waals surface area contributed by atoms with Crippen molar-refractivity contribution in [1.29, 1.82) is 0 Å². The monoisotopic (exact) mass is 261 g/mol. The van der Waals surface area contributed by atoms with Gasteiger partial charge in [-0.2, -0.15) is 0 Å². The molecular formula is C8H5Cl2N3OS. The Kier molecular flexibility index (Phi) is 2.68. The van der Waals surface area contributed by atoms with Crippen LogP contribution in [-0.2, 0) is 0 Å². The molecule has 2 rings (SSSR count). The average molecular weight is 262 g/mol. The fraction of sp³-hybridized carbons (Fsp3) is 0. The number of H-pyrrole nitrogens is 2. The van der Waals surface area contributed by atoms with Crippen molar-refractivity contribution in [3.05, 3.63) is 43.5 Å². The molecule has 4 nitrogen and oxygen atoms in total. The van der Waals surface area contributed by atoms with Crippen LogP contribution in [-0.4, -0.2) is 14.8 Å². The summed E-state index contributed by atoms with van der Waals surface area (Å²) >= 11 is 16.6. The molecule has 7 heteroatoms. The lowest BCUT2D eigenvalue weighted by molar-refractivity contribution is 0.975. The normalized spacial score (nSPS) is 10.5. The van der Waals surface area contributed by atoms with E-state index in [0.29, 0.717) is 15.7 Å². The summed E-state index contributed by atoms with van der Waals surface area (Å²) in [5.41, 5.74) is 0.165. The Morgan fingerprint density at radius 2 is 1.73 bits per heavy atom. The summed E-state index contributed by atoms with van der Waals surface area (Å²) in [5.74, 6) is 0. The molecule has 0 radical (unpaired) electrons. The van der Waals surface area contributed by atoms with Gasteiger partial charge in [0, 0.05) is 10.0 Å². The van der Waals surface area contributed by atoms with Gasteiger partial charge in [-0.25, -0.2) is 14.5 Å². The van der Waals surface area contributed by atoms with Crippen LogP contribution in [0, 0.1) is 4.77 Å². The van der Waals surface area contributed by atoms with Gasteiger partial charge in [0.2, 0.25) is 4.77 Å². The Balaban J connectivity index is 2.74. The van der Waals surface area contributed by atoms with E-state index in [1.807, 2.05) is 0 Å². The molecule has 0 amide bonds. The first kappa shape index (κ1) is 10.5. The zero-order valence-corrected chi connectivity index (χ0v) is 9.58. The highest BCUT2D eigenvalue weighted by Gasteiger charge is 2.05. The summed E-state index contributed by atoms with van der Waals surface area (Å²) in [4.78, 5) is 11.4. The van der Waals surface area contributed by atoms with Crippen molar-refractivity contribution >= 4 is 35.4 Å². The number of hydrogen-bond donors (Lipinski definition) is 2. The molecule has 1 aromatic heterocycles. The smallest absolute Gasteiger partial charge is 0.272 e. The maximum absolute atomic E-state index is 11.4. The van der Waals surface area contributed by atoms with Crippen LogP contribution in [0.2, 0.25) is 10.0 Å². The van der Waals surface area contributed by atoms with Gasteiger partial charge in [0.05, 0.1) is 5.69 Å². The average Bonchev–Trinajstić information content (AvgIpc) is 2.44. The quantitative estimate of drug-likeness (QED) is 0.776. The SMILES string of the molecule is O=c1[nH][nH]c(=S)n1-c1cc(Cl)cc(Cl)c1. The zero-order valence-electron chi connectivity index (χ0n) is 7.25. The third kappa shape index (κ3) is 1.99. The molecule has 0 fully saturated rings. The van der Waals surface area contributed by atoms with Crippen LogP contribution >= 0.6 is 35.4 Å². The molecule has 0 aliphatic heterocycles. The molecule has 2 aromatic rings. The summed E-state index contributed by atoms with van der Waals surface area (Å²) in [6.07, 6.45) is 0. The molecule has 1 aromatic carbocycles. The maximum Gasteiger partial charge on any atom is 0.347 e.